The van der Waals surface area contributed by atoms with Crippen LogP contribution in [-0.2, 0) is 4.79 Å². The van der Waals surface area contributed by atoms with Crippen LogP contribution < -0.4 is 5.32 Å². The van der Waals surface area contributed by atoms with Crippen LogP contribution in [0.25, 0.3) is 0 Å². The van der Waals surface area contributed by atoms with Crippen molar-refractivity contribution in [2.45, 2.75) is 19.0 Å². The van der Waals surface area contributed by atoms with Gasteiger partial charge in [0.1, 0.15) is 6.04 Å². The fourth-order valence-electron chi connectivity index (χ4n) is 1.99. The molecule has 2 aromatic rings. The molecule has 2 heterocycles. The van der Waals surface area contributed by atoms with Crippen LogP contribution in [-0.4, -0.2) is 41.2 Å². The number of rotatable bonds is 6. The van der Waals surface area contributed by atoms with E-state index < -0.39 is 0 Å². The highest BCUT2D eigenvalue weighted by atomic mass is 32.1. The molecule has 0 aliphatic carbocycles. The summed E-state index contributed by atoms with van der Waals surface area (Å²) in [6.45, 7) is 2.44. The Morgan fingerprint density at radius 1 is 1.50 bits per heavy atom. The normalized spacial score (nSPS) is 14.2. The third-order valence-corrected chi connectivity index (χ3v) is 4.24. The molecule has 6 heteroatoms. The molecule has 0 aromatic carbocycles. The Morgan fingerprint density at radius 2 is 2.30 bits per heavy atom. The molecular weight excluding hydrogens is 272 g/mol. The zero-order chi connectivity index (χ0) is 14.5. The van der Waals surface area contributed by atoms with Crippen LogP contribution in [0.3, 0.4) is 0 Å². The summed E-state index contributed by atoms with van der Waals surface area (Å²) in [5.74, 6) is -0.0166. The van der Waals surface area contributed by atoms with Gasteiger partial charge in [0.25, 0.3) is 0 Å². The maximum Gasteiger partial charge on any atom is 0.244 e. The second kappa shape index (κ2) is 6.67. The number of aromatic nitrogens is 2. The molecule has 0 saturated carbocycles. The molecule has 1 N–H and O–H groups in total. The lowest BCUT2D eigenvalue weighted by Crippen LogP contribution is -2.37. The molecule has 0 fully saturated rings. The number of thiophene rings is 1. The summed E-state index contributed by atoms with van der Waals surface area (Å²) < 4.78 is 1.66. The minimum atomic E-state index is -0.295. The fourth-order valence-corrected chi connectivity index (χ4v) is 2.92. The predicted molar refractivity (Wildman–Crippen MR) is 80.7 cm³/mol. The molecule has 2 atom stereocenters. The Morgan fingerprint density at radius 3 is 2.85 bits per heavy atom. The Bertz CT molecular complexity index is 521. The Balaban J connectivity index is 1.94. The largest absolute Gasteiger partial charge is 0.352 e. The first-order chi connectivity index (χ1) is 9.59. The molecule has 20 heavy (non-hydrogen) atoms. The molecule has 0 aliphatic rings. The summed E-state index contributed by atoms with van der Waals surface area (Å²) in [5, 5.41) is 9.16. The minimum Gasteiger partial charge on any atom is -0.352 e. The lowest BCUT2D eigenvalue weighted by molar-refractivity contribution is -0.124. The summed E-state index contributed by atoms with van der Waals surface area (Å²) in [4.78, 5) is 15.5. The smallest absolute Gasteiger partial charge is 0.244 e. The number of hydrogen-bond donors (Lipinski definition) is 1. The topological polar surface area (TPSA) is 50.2 Å². The van der Waals surface area contributed by atoms with E-state index in [9.17, 15) is 4.79 Å². The molecule has 2 aromatic heterocycles. The van der Waals surface area contributed by atoms with Gasteiger partial charge >= 0.3 is 0 Å². The van der Waals surface area contributed by atoms with Crippen LogP contribution >= 0.6 is 11.3 Å². The number of hydrogen-bond acceptors (Lipinski definition) is 4. The fraction of sp³-hybridized carbons (Fsp3) is 0.429. The minimum absolute atomic E-state index is 0.0166. The van der Waals surface area contributed by atoms with Crippen LogP contribution in [0, 0.1) is 0 Å². The highest BCUT2D eigenvalue weighted by molar-refractivity contribution is 7.10. The van der Waals surface area contributed by atoms with Gasteiger partial charge < -0.3 is 10.2 Å². The van der Waals surface area contributed by atoms with Gasteiger partial charge in [-0.3, -0.25) is 9.48 Å². The number of likely N-dealkylation sites (N-methyl/N-ethyl adjacent to an activating group) is 1. The highest BCUT2D eigenvalue weighted by Crippen LogP contribution is 2.22. The van der Waals surface area contributed by atoms with Gasteiger partial charge in [-0.15, -0.1) is 11.3 Å². The lowest BCUT2D eigenvalue weighted by atomic mass is 10.2. The van der Waals surface area contributed by atoms with Crippen molar-refractivity contribution in [3.05, 3.63) is 40.8 Å². The summed E-state index contributed by atoms with van der Waals surface area (Å²) >= 11 is 1.71. The quantitative estimate of drug-likeness (QED) is 0.885. The SMILES string of the molecule is CC(C(=O)NCC(c1cccs1)N(C)C)n1cccn1. The van der Waals surface area contributed by atoms with Crippen molar-refractivity contribution in [2.24, 2.45) is 0 Å². The van der Waals surface area contributed by atoms with Gasteiger partial charge in [0, 0.05) is 23.8 Å². The van der Waals surface area contributed by atoms with E-state index >= 15 is 0 Å². The standard InChI is InChI=1S/C14H20N4OS/c1-11(18-8-5-7-16-18)14(19)15-10-12(17(2)3)13-6-4-9-20-13/h4-9,11-12H,10H2,1-3H3,(H,15,19). The monoisotopic (exact) mass is 292 g/mol. The van der Waals surface area contributed by atoms with E-state index in [0.29, 0.717) is 6.54 Å². The number of carbonyl (C=O) groups excluding carboxylic acids is 1. The summed E-state index contributed by atoms with van der Waals surface area (Å²) in [6.07, 6.45) is 3.48. The Kier molecular flexibility index (Phi) is 4.92. The molecule has 0 aliphatic heterocycles. The number of nitrogens with zero attached hydrogens (tertiary/aromatic N) is 3. The van der Waals surface area contributed by atoms with Crippen LogP contribution in [0.15, 0.2) is 36.0 Å². The van der Waals surface area contributed by atoms with Gasteiger partial charge in [0.05, 0.1) is 6.04 Å². The van der Waals surface area contributed by atoms with Crippen molar-refractivity contribution >= 4 is 17.2 Å². The van der Waals surface area contributed by atoms with Crippen LogP contribution in [0.2, 0.25) is 0 Å². The first-order valence-corrected chi connectivity index (χ1v) is 7.44. The first kappa shape index (κ1) is 14.7. The van der Waals surface area contributed by atoms with E-state index in [-0.39, 0.29) is 18.0 Å². The van der Waals surface area contributed by atoms with E-state index in [2.05, 4.69) is 26.8 Å². The van der Waals surface area contributed by atoms with E-state index in [1.807, 2.05) is 33.2 Å². The molecule has 0 spiro atoms. The average molecular weight is 292 g/mol. The summed E-state index contributed by atoms with van der Waals surface area (Å²) in [7, 11) is 4.04. The maximum absolute atomic E-state index is 12.2. The average Bonchev–Trinajstić information content (AvgIpc) is 3.10. The summed E-state index contributed by atoms with van der Waals surface area (Å²) in [6, 6.07) is 5.85. The number of carbonyl (C=O) groups is 1. The number of amides is 1. The highest BCUT2D eigenvalue weighted by Gasteiger charge is 2.19. The summed E-state index contributed by atoms with van der Waals surface area (Å²) in [5.41, 5.74) is 0. The molecule has 0 saturated heterocycles. The molecular formula is C14H20N4OS. The van der Waals surface area contributed by atoms with E-state index in [1.54, 1.807) is 28.4 Å². The van der Waals surface area contributed by atoms with Crippen molar-refractivity contribution in [2.75, 3.05) is 20.6 Å². The van der Waals surface area contributed by atoms with Crippen molar-refractivity contribution in [3.63, 3.8) is 0 Å². The van der Waals surface area contributed by atoms with Crippen molar-refractivity contribution in [3.8, 4) is 0 Å². The second-order valence-corrected chi connectivity index (χ2v) is 5.88. The Labute approximate surface area is 123 Å². The predicted octanol–water partition coefficient (Wildman–Crippen LogP) is 1.92. The third kappa shape index (κ3) is 3.46. The van der Waals surface area contributed by atoms with Crippen molar-refractivity contribution < 1.29 is 4.79 Å². The molecule has 0 bridgehead atoms. The van der Waals surface area contributed by atoms with E-state index in [1.165, 1.54) is 4.88 Å². The lowest BCUT2D eigenvalue weighted by Gasteiger charge is -2.24. The molecule has 0 radical (unpaired) electrons. The first-order valence-electron chi connectivity index (χ1n) is 6.56. The van der Waals surface area contributed by atoms with Gasteiger partial charge in [0.2, 0.25) is 5.91 Å². The number of nitrogens with one attached hydrogen (secondary N) is 1. The maximum atomic E-state index is 12.2. The second-order valence-electron chi connectivity index (χ2n) is 4.90. The molecule has 5 nitrogen and oxygen atoms in total. The van der Waals surface area contributed by atoms with Crippen LogP contribution in [0.5, 0.6) is 0 Å². The molecule has 2 unspecified atom stereocenters. The van der Waals surface area contributed by atoms with Crippen LogP contribution in [0.4, 0.5) is 0 Å². The third-order valence-electron chi connectivity index (χ3n) is 3.27. The van der Waals surface area contributed by atoms with Gasteiger partial charge in [0.15, 0.2) is 0 Å². The molecule has 108 valence electrons. The van der Waals surface area contributed by atoms with Crippen molar-refractivity contribution in [1.29, 1.82) is 0 Å². The van der Waals surface area contributed by atoms with Gasteiger partial charge in [-0.1, -0.05) is 6.07 Å². The van der Waals surface area contributed by atoms with Crippen molar-refractivity contribution in [1.82, 2.24) is 20.0 Å². The van der Waals surface area contributed by atoms with Gasteiger partial charge in [-0.2, -0.15) is 5.10 Å². The Hall–Kier alpha value is -1.66. The van der Waals surface area contributed by atoms with E-state index in [4.69, 9.17) is 0 Å². The van der Waals surface area contributed by atoms with E-state index in [0.717, 1.165) is 0 Å². The van der Waals surface area contributed by atoms with Crippen LogP contribution in [0.1, 0.15) is 23.9 Å². The molecule has 1 amide bonds. The van der Waals surface area contributed by atoms with Gasteiger partial charge in [-0.05, 0) is 38.5 Å². The molecule has 2 rings (SSSR count). The van der Waals surface area contributed by atoms with Gasteiger partial charge in [-0.25, -0.2) is 0 Å². The zero-order valence-electron chi connectivity index (χ0n) is 12.0. The zero-order valence-corrected chi connectivity index (χ0v) is 12.8.